The summed E-state index contributed by atoms with van der Waals surface area (Å²) < 4.78 is 60.6. The molecule has 58 heavy (non-hydrogen) atoms. The molecule has 0 radical (unpaired) electrons. The van der Waals surface area contributed by atoms with Crippen LogP contribution in [0.4, 0.5) is 16.4 Å². The van der Waals surface area contributed by atoms with Gasteiger partial charge < -0.3 is 60.0 Å². The van der Waals surface area contributed by atoms with E-state index in [4.69, 9.17) is 40.5 Å². The summed E-state index contributed by atoms with van der Waals surface area (Å²) in [5.74, 6) is -1.24. The number of nitrogens with zero attached hydrogens (tertiary/aromatic N) is 9. The Balaban J connectivity index is 1.42. The Bertz CT molecular complexity index is 2170. The number of imidazole rings is 1. The number of rotatable bonds is 16. The molecule has 0 spiro atoms. The lowest BCUT2D eigenvalue weighted by molar-refractivity contribution is -0.159. The van der Waals surface area contributed by atoms with Gasteiger partial charge in [-0.25, -0.2) is 33.9 Å². The fourth-order valence-corrected chi connectivity index (χ4v) is 8.00. The van der Waals surface area contributed by atoms with E-state index < -0.39 is 107 Å². The van der Waals surface area contributed by atoms with Gasteiger partial charge in [0.2, 0.25) is 0 Å². The maximum Gasteiger partial charge on any atom is 0.469 e. The van der Waals surface area contributed by atoms with E-state index >= 15 is 0 Å². The second-order valence-electron chi connectivity index (χ2n) is 14.0. The summed E-state index contributed by atoms with van der Waals surface area (Å²) in [5.41, 5.74) is 17.0. The summed E-state index contributed by atoms with van der Waals surface area (Å²) in [6.45, 7) is 2.94. The first-order chi connectivity index (χ1) is 27.2. The fraction of sp³-hybridized carbons (Fsp3) is 0.621. The quantitative estimate of drug-likeness (QED) is 0.0255. The van der Waals surface area contributed by atoms with E-state index in [0.29, 0.717) is 0 Å². The lowest BCUT2D eigenvalue weighted by atomic mass is 10.1. The number of aromatic nitrogens is 6. The van der Waals surface area contributed by atoms with E-state index in [0.717, 1.165) is 10.9 Å². The number of nitrogen functional groups attached to an aromatic ring is 2. The average Bonchev–Trinajstić information content (AvgIpc) is 3.83. The zero-order valence-corrected chi connectivity index (χ0v) is 32.8. The topological polar surface area (TPSA) is 396 Å². The first-order valence-electron chi connectivity index (χ1n) is 17.3. The van der Waals surface area contributed by atoms with Crippen molar-refractivity contribution in [1.82, 2.24) is 34.4 Å². The van der Waals surface area contributed by atoms with Crippen LogP contribution < -0.4 is 22.5 Å². The van der Waals surface area contributed by atoms with E-state index in [2.05, 4.69) is 39.8 Å². The maximum atomic E-state index is 14.0. The number of fused-ring (bicyclic) bond motifs is 1. The van der Waals surface area contributed by atoms with Gasteiger partial charge in [0.05, 0.1) is 31.3 Å². The Morgan fingerprint density at radius 2 is 1.84 bits per heavy atom. The predicted molar refractivity (Wildman–Crippen MR) is 195 cm³/mol. The molecule has 1 amide bonds. The molecule has 2 fully saturated rings. The molecular weight excluding hydrogens is 818 g/mol. The monoisotopic (exact) mass is 860 g/mol. The summed E-state index contributed by atoms with van der Waals surface area (Å²) in [6, 6.07) is -0.164. The molecule has 0 bridgehead atoms. The molecule has 3 aromatic heterocycles. The van der Waals surface area contributed by atoms with Crippen LogP contribution in [0, 0.1) is 0 Å². The Kier molecular flexibility index (Phi) is 13.8. The van der Waals surface area contributed by atoms with Crippen LogP contribution in [-0.4, -0.2) is 122 Å². The number of amides is 1. The SMILES string of the molecule is CC(C)(C)OC(=O)N[C@@H](CCCN=[N+]=[N-])C(=O)O[C@H]1[C@@H](O)[C@H](n2cnc3c(N)ncnc32)O[C@@H]1COP(=O)(O)[C@H]1C[C@H](n2ccc(N)nc2=O)O[C@@H]1COP(=O)(O)O. The van der Waals surface area contributed by atoms with Crippen LogP contribution in [0.5, 0.6) is 0 Å². The fourth-order valence-electron chi connectivity index (χ4n) is 6.08. The molecule has 318 valence electrons. The van der Waals surface area contributed by atoms with Crippen LogP contribution in [-0.2, 0) is 41.9 Å². The number of nitrogens with two attached hydrogens (primary N) is 2. The Hall–Kier alpha value is -4.78. The molecule has 0 saturated carbocycles. The van der Waals surface area contributed by atoms with Gasteiger partial charge in [0.1, 0.15) is 47.7 Å². The standard InChI is InChI=1S/C29H42N12O15P2/c1-29(2,3)56-28(45)37-14(5-4-7-36-39-32)26(43)55-22-16(54-25(21(22)42)41-13-35-20-23(31)33-12-34-24(20)41)11-51-57(46,47)17-9-19(40-8-6-18(30)38-27(40)44)53-15(17)10-52-58(48,49)50/h6,8,12-17,19,21-22,25,42H,4-5,7,9-11H2,1-3H3,(H,37,45)(H,46,47)(H2,30,38,44)(H2,31,33,34)(H2,48,49,50)/t14-,15+,16+,17-,19+,21+,22+,25+/m0/s1. The third-order valence-corrected chi connectivity index (χ3v) is 11.0. The Labute approximate surface area is 327 Å². The zero-order chi connectivity index (χ0) is 42.6. The van der Waals surface area contributed by atoms with Crippen molar-refractivity contribution < 1.29 is 66.5 Å². The average molecular weight is 861 g/mol. The summed E-state index contributed by atoms with van der Waals surface area (Å²) in [4.78, 5) is 87.4. The molecule has 2 saturated heterocycles. The summed E-state index contributed by atoms with van der Waals surface area (Å²) in [5, 5.41) is 17.5. The molecule has 0 aromatic carbocycles. The normalized spacial score (nSPS) is 25.1. The van der Waals surface area contributed by atoms with Crippen LogP contribution in [0.25, 0.3) is 21.6 Å². The van der Waals surface area contributed by atoms with Gasteiger partial charge in [-0.1, -0.05) is 5.11 Å². The molecular formula is C29H42N12O15P2. The highest BCUT2D eigenvalue weighted by Crippen LogP contribution is 2.56. The third kappa shape index (κ3) is 11.0. The number of azide groups is 1. The van der Waals surface area contributed by atoms with Crippen LogP contribution in [0.2, 0.25) is 0 Å². The minimum Gasteiger partial charge on any atom is -0.455 e. The first kappa shape index (κ1) is 44.3. The van der Waals surface area contributed by atoms with E-state index in [1.54, 1.807) is 20.8 Å². The molecule has 3 aromatic rings. The van der Waals surface area contributed by atoms with Crippen LogP contribution >= 0.6 is 15.4 Å². The molecule has 5 rings (SSSR count). The second-order valence-corrected chi connectivity index (χ2v) is 17.2. The molecule has 1 unspecified atom stereocenters. The van der Waals surface area contributed by atoms with Gasteiger partial charge in [-0.2, -0.15) is 4.98 Å². The number of hydrogen-bond acceptors (Lipinski definition) is 19. The van der Waals surface area contributed by atoms with Gasteiger partial charge in [-0.3, -0.25) is 18.2 Å². The zero-order valence-electron chi connectivity index (χ0n) is 31.0. The number of aliphatic hydroxyl groups is 1. The third-order valence-electron chi connectivity index (χ3n) is 8.63. The first-order valence-corrected chi connectivity index (χ1v) is 20.5. The number of ether oxygens (including phenoxy) is 4. The minimum absolute atomic E-state index is 0.0107. The van der Waals surface area contributed by atoms with Crippen molar-refractivity contribution >= 4 is 50.3 Å². The van der Waals surface area contributed by atoms with E-state index in [1.165, 1.54) is 23.2 Å². The van der Waals surface area contributed by atoms with Crippen molar-refractivity contribution in [2.24, 2.45) is 5.11 Å². The number of aliphatic hydroxyl groups excluding tert-OH is 1. The lowest BCUT2D eigenvalue weighted by Gasteiger charge is -2.27. The molecule has 0 aliphatic carbocycles. The highest BCUT2D eigenvalue weighted by Gasteiger charge is 2.52. The number of phosphoric ester groups is 1. The number of carbonyl (C=O) groups excluding carboxylic acids is 2. The van der Waals surface area contributed by atoms with Crippen LogP contribution in [0.15, 0.2) is 34.8 Å². The van der Waals surface area contributed by atoms with E-state index in [1.807, 2.05) is 0 Å². The van der Waals surface area contributed by atoms with Crippen molar-refractivity contribution in [1.29, 1.82) is 0 Å². The predicted octanol–water partition coefficient (Wildman–Crippen LogP) is 0.369. The van der Waals surface area contributed by atoms with Crippen molar-refractivity contribution in [2.75, 3.05) is 31.2 Å². The highest BCUT2D eigenvalue weighted by molar-refractivity contribution is 7.53. The molecule has 2 aliphatic rings. The number of esters is 1. The summed E-state index contributed by atoms with van der Waals surface area (Å²) in [7, 11) is -10.1. The number of anilines is 2. The van der Waals surface area contributed by atoms with Crippen LogP contribution in [0.1, 0.15) is 52.5 Å². The highest BCUT2D eigenvalue weighted by atomic mass is 31.2. The number of hydrogen-bond donors (Lipinski definition) is 7. The number of nitrogens with one attached hydrogen (secondary N) is 1. The van der Waals surface area contributed by atoms with Gasteiger partial charge in [0, 0.05) is 24.1 Å². The van der Waals surface area contributed by atoms with E-state index in [-0.39, 0.29) is 42.2 Å². The van der Waals surface area contributed by atoms with E-state index in [9.17, 15) is 43.3 Å². The summed E-state index contributed by atoms with van der Waals surface area (Å²) >= 11 is 0. The summed E-state index contributed by atoms with van der Waals surface area (Å²) in [6.07, 6.45) is -7.17. The molecule has 5 heterocycles. The lowest BCUT2D eigenvalue weighted by Crippen LogP contribution is -2.47. The minimum atomic E-state index is -5.12. The number of carbonyl (C=O) groups is 2. The second kappa shape index (κ2) is 18.0. The Morgan fingerprint density at radius 1 is 1.12 bits per heavy atom. The van der Waals surface area contributed by atoms with Crippen molar-refractivity contribution in [3.8, 4) is 0 Å². The van der Waals surface area contributed by atoms with Crippen molar-refractivity contribution in [3.05, 3.63) is 45.8 Å². The molecule has 27 nitrogen and oxygen atoms in total. The Morgan fingerprint density at radius 3 is 2.52 bits per heavy atom. The van der Waals surface area contributed by atoms with Gasteiger partial charge in [0.25, 0.3) is 0 Å². The van der Waals surface area contributed by atoms with Gasteiger partial charge >= 0.3 is 33.2 Å². The smallest absolute Gasteiger partial charge is 0.455 e. The van der Waals surface area contributed by atoms with Crippen LogP contribution in [0.3, 0.4) is 0 Å². The van der Waals surface area contributed by atoms with Gasteiger partial charge in [-0.15, -0.1) is 0 Å². The van der Waals surface area contributed by atoms with Gasteiger partial charge in [0.15, 0.2) is 23.8 Å². The van der Waals surface area contributed by atoms with Gasteiger partial charge in [-0.05, 0) is 45.2 Å². The largest absolute Gasteiger partial charge is 0.469 e. The van der Waals surface area contributed by atoms with Crippen molar-refractivity contribution in [2.45, 2.75) is 94.2 Å². The molecule has 9 N–H and O–H groups in total. The maximum absolute atomic E-state index is 14.0. The molecule has 29 heteroatoms. The molecule has 2 aliphatic heterocycles. The number of phosphoric acid groups is 1. The molecule has 9 atom stereocenters. The van der Waals surface area contributed by atoms with Crippen molar-refractivity contribution in [3.63, 3.8) is 0 Å². The number of alkyl carbamates (subject to hydrolysis) is 1.